The van der Waals surface area contributed by atoms with E-state index in [1.807, 2.05) is 0 Å². The molecule has 0 aliphatic carbocycles. The van der Waals surface area contributed by atoms with E-state index in [2.05, 4.69) is 5.32 Å². The van der Waals surface area contributed by atoms with Crippen LogP contribution in [0.2, 0.25) is 0 Å². The first-order valence-electron chi connectivity index (χ1n) is 5.61. The van der Waals surface area contributed by atoms with Crippen molar-refractivity contribution in [3.8, 4) is 0 Å². The Hall–Kier alpha value is -1.53. The number of carbonyl (C=O) groups excluding carboxylic acids is 1. The van der Waals surface area contributed by atoms with Gasteiger partial charge in [-0.3, -0.25) is 4.79 Å². The summed E-state index contributed by atoms with van der Waals surface area (Å²) >= 11 is 0. The van der Waals surface area contributed by atoms with Gasteiger partial charge in [0.25, 0.3) is 5.91 Å². The minimum Gasteiger partial charge on any atom is -0.390 e. The second-order valence-corrected chi connectivity index (χ2v) is 4.37. The molecular formula is C12H14F2N2O2. The number of β-amino-alcohol motifs (C(OH)–C–C–N with tert-alkyl or cyclic N) is 1. The maximum Gasteiger partial charge on any atom is 0.254 e. The molecular weight excluding hydrogens is 242 g/mol. The van der Waals surface area contributed by atoms with E-state index < -0.39 is 23.6 Å². The Morgan fingerprint density at radius 1 is 1.33 bits per heavy atom. The van der Waals surface area contributed by atoms with E-state index in [1.54, 1.807) is 0 Å². The van der Waals surface area contributed by atoms with Gasteiger partial charge in [0.05, 0.1) is 12.1 Å². The van der Waals surface area contributed by atoms with Crippen molar-refractivity contribution < 1.29 is 18.7 Å². The second-order valence-electron chi connectivity index (χ2n) is 4.37. The summed E-state index contributed by atoms with van der Waals surface area (Å²) in [5.74, 6) is -2.10. The smallest absolute Gasteiger partial charge is 0.254 e. The summed E-state index contributed by atoms with van der Waals surface area (Å²) in [5.41, 5.74) is -0.0610. The molecule has 2 N–H and O–H groups in total. The van der Waals surface area contributed by atoms with Crippen LogP contribution in [-0.4, -0.2) is 48.2 Å². The number of rotatable bonds is 2. The van der Waals surface area contributed by atoms with Gasteiger partial charge in [0.2, 0.25) is 0 Å². The van der Waals surface area contributed by atoms with Gasteiger partial charge in [-0.2, -0.15) is 0 Å². The van der Waals surface area contributed by atoms with E-state index >= 15 is 0 Å². The summed E-state index contributed by atoms with van der Waals surface area (Å²) < 4.78 is 26.1. The van der Waals surface area contributed by atoms with Crippen LogP contribution in [0.4, 0.5) is 8.78 Å². The Kier molecular flexibility index (Phi) is 3.58. The molecule has 0 radical (unpaired) electrons. The highest BCUT2D eigenvalue weighted by molar-refractivity contribution is 5.94. The largest absolute Gasteiger partial charge is 0.390 e. The zero-order chi connectivity index (χ0) is 13.3. The molecule has 4 nitrogen and oxygen atoms in total. The molecule has 2 rings (SSSR count). The second kappa shape index (κ2) is 4.99. The number of halogens is 2. The monoisotopic (exact) mass is 256 g/mol. The van der Waals surface area contributed by atoms with E-state index in [0.29, 0.717) is 19.2 Å². The van der Waals surface area contributed by atoms with Gasteiger partial charge in [0, 0.05) is 31.8 Å². The van der Waals surface area contributed by atoms with Gasteiger partial charge in [0.1, 0.15) is 11.6 Å². The van der Waals surface area contributed by atoms with E-state index in [1.165, 1.54) is 11.9 Å². The molecule has 1 aromatic rings. The first kappa shape index (κ1) is 12.9. The zero-order valence-corrected chi connectivity index (χ0v) is 9.86. The number of benzene rings is 1. The molecule has 6 heteroatoms. The minimum atomic E-state index is -0.795. The number of nitrogens with one attached hydrogen (secondary N) is 1. The molecule has 1 amide bonds. The van der Waals surface area contributed by atoms with Crippen LogP contribution in [0.1, 0.15) is 10.4 Å². The highest BCUT2D eigenvalue weighted by atomic mass is 19.1. The number of aliphatic hydroxyl groups is 1. The molecule has 1 fully saturated rings. The van der Waals surface area contributed by atoms with E-state index in [4.69, 9.17) is 0 Å². The third-order valence-corrected chi connectivity index (χ3v) is 3.08. The molecule has 0 saturated carbocycles. The Balaban J connectivity index is 2.19. The average molecular weight is 256 g/mol. The fraction of sp³-hybridized carbons (Fsp3) is 0.417. The maximum atomic E-state index is 13.0. The molecule has 0 unspecified atom stereocenters. The van der Waals surface area contributed by atoms with Crippen molar-refractivity contribution in [1.29, 1.82) is 0 Å². The Bertz CT molecular complexity index is 447. The molecule has 1 aliphatic heterocycles. The lowest BCUT2D eigenvalue weighted by Gasteiger charge is -2.26. The predicted octanol–water partition coefficient (Wildman–Crippen LogP) is 0.369. The molecule has 1 aromatic carbocycles. The van der Waals surface area contributed by atoms with E-state index in [0.717, 1.165) is 12.1 Å². The molecule has 18 heavy (non-hydrogen) atoms. The normalized spacial score (nSPS) is 23.1. The van der Waals surface area contributed by atoms with Crippen LogP contribution < -0.4 is 5.32 Å². The van der Waals surface area contributed by atoms with Crippen LogP contribution in [0.25, 0.3) is 0 Å². The summed E-state index contributed by atoms with van der Waals surface area (Å²) in [4.78, 5) is 13.3. The summed E-state index contributed by atoms with van der Waals surface area (Å²) in [6.07, 6.45) is -0.669. The lowest BCUT2D eigenvalue weighted by atomic mass is 10.1. The summed E-state index contributed by atoms with van der Waals surface area (Å²) in [6.45, 7) is 0.862. The van der Waals surface area contributed by atoms with Crippen molar-refractivity contribution in [1.82, 2.24) is 10.2 Å². The minimum absolute atomic E-state index is 0.0610. The lowest BCUT2D eigenvalue weighted by molar-refractivity contribution is 0.0580. The third-order valence-electron chi connectivity index (χ3n) is 3.08. The highest BCUT2D eigenvalue weighted by Gasteiger charge is 2.31. The molecule has 1 aliphatic rings. The maximum absolute atomic E-state index is 13.0. The zero-order valence-electron chi connectivity index (χ0n) is 9.86. The number of hydrogen-bond donors (Lipinski definition) is 2. The fourth-order valence-corrected chi connectivity index (χ4v) is 2.08. The Labute approximate surface area is 103 Å². The van der Waals surface area contributed by atoms with Crippen LogP contribution in [-0.2, 0) is 0 Å². The van der Waals surface area contributed by atoms with Gasteiger partial charge in [0.15, 0.2) is 0 Å². The van der Waals surface area contributed by atoms with Gasteiger partial charge in [-0.1, -0.05) is 0 Å². The van der Waals surface area contributed by atoms with Gasteiger partial charge in [-0.05, 0) is 12.1 Å². The SMILES string of the molecule is CN(C(=O)c1cc(F)cc(F)c1)[C@@H]1CNC[C@H]1O. The van der Waals surface area contributed by atoms with Crippen molar-refractivity contribution in [3.05, 3.63) is 35.4 Å². The van der Waals surface area contributed by atoms with Gasteiger partial charge in [-0.15, -0.1) is 0 Å². The number of hydrogen-bond acceptors (Lipinski definition) is 3. The Morgan fingerprint density at radius 2 is 1.94 bits per heavy atom. The molecule has 0 aromatic heterocycles. The van der Waals surface area contributed by atoms with Crippen molar-refractivity contribution in [2.24, 2.45) is 0 Å². The number of amides is 1. The number of likely N-dealkylation sites (N-methyl/N-ethyl adjacent to an activating group) is 1. The average Bonchev–Trinajstić information content (AvgIpc) is 2.72. The van der Waals surface area contributed by atoms with Crippen molar-refractivity contribution in [2.45, 2.75) is 12.1 Å². The quantitative estimate of drug-likeness (QED) is 0.804. The van der Waals surface area contributed by atoms with Crippen LogP contribution in [0.5, 0.6) is 0 Å². The van der Waals surface area contributed by atoms with Crippen molar-refractivity contribution in [2.75, 3.05) is 20.1 Å². The summed E-state index contributed by atoms with van der Waals surface area (Å²) in [5, 5.41) is 12.6. The topological polar surface area (TPSA) is 52.6 Å². The van der Waals surface area contributed by atoms with Crippen LogP contribution in [0, 0.1) is 11.6 Å². The first-order chi connectivity index (χ1) is 8.49. The van der Waals surface area contributed by atoms with Crippen molar-refractivity contribution >= 4 is 5.91 Å². The standard InChI is InChI=1S/C12H14F2N2O2/c1-16(10-5-15-6-11(10)17)12(18)7-2-8(13)4-9(14)3-7/h2-4,10-11,15,17H,5-6H2,1H3/t10-,11-/m1/s1. The molecule has 2 atom stereocenters. The van der Waals surface area contributed by atoms with E-state index in [-0.39, 0.29) is 11.6 Å². The number of carbonyl (C=O) groups is 1. The Morgan fingerprint density at radius 3 is 2.44 bits per heavy atom. The van der Waals surface area contributed by atoms with Crippen molar-refractivity contribution in [3.63, 3.8) is 0 Å². The molecule has 0 spiro atoms. The lowest BCUT2D eigenvalue weighted by Crippen LogP contribution is -2.44. The molecule has 98 valence electrons. The molecule has 1 heterocycles. The highest BCUT2D eigenvalue weighted by Crippen LogP contribution is 2.14. The van der Waals surface area contributed by atoms with Crippen LogP contribution in [0.3, 0.4) is 0 Å². The fourth-order valence-electron chi connectivity index (χ4n) is 2.08. The summed E-state index contributed by atoms with van der Waals surface area (Å²) in [7, 11) is 1.51. The molecule has 0 bridgehead atoms. The van der Waals surface area contributed by atoms with Gasteiger partial charge in [-0.25, -0.2) is 8.78 Å². The van der Waals surface area contributed by atoms with Crippen LogP contribution in [0.15, 0.2) is 18.2 Å². The predicted molar refractivity (Wildman–Crippen MR) is 61.1 cm³/mol. The summed E-state index contributed by atoms with van der Waals surface area (Å²) in [6, 6.07) is 2.29. The van der Waals surface area contributed by atoms with E-state index in [9.17, 15) is 18.7 Å². The number of nitrogens with zero attached hydrogens (tertiary/aromatic N) is 1. The van der Waals surface area contributed by atoms with Gasteiger partial charge >= 0.3 is 0 Å². The molecule has 1 saturated heterocycles. The number of aliphatic hydroxyl groups excluding tert-OH is 1. The van der Waals surface area contributed by atoms with Crippen LogP contribution >= 0.6 is 0 Å². The first-order valence-corrected chi connectivity index (χ1v) is 5.61. The third kappa shape index (κ3) is 2.49. The van der Waals surface area contributed by atoms with Gasteiger partial charge < -0.3 is 15.3 Å².